The molecule has 0 aliphatic heterocycles. The van der Waals surface area contributed by atoms with E-state index in [1.165, 1.54) is 18.0 Å². The predicted molar refractivity (Wildman–Crippen MR) is 80.9 cm³/mol. The number of carbonyl (C=O) groups excluding carboxylic acids is 1. The van der Waals surface area contributed by atoms with Gasteiger partial charge in [-0.25, -0.2) is 9.59 Å². The minimum absolute atomic E-state index is 0.0826. The zero-order valence-electron chi connectivity index (χ0n) is 12.8. The van der Waals surface area contributed by atoms with E-state index < -0.39 is 11.6 Å². The topological polar surface area (TPSA) is 78.9 Å². The molecule has 1 aromatic carbocycles. The first-order valence-electron chi connectivity index (χ1n) is 6.76. The Hall–Kier alpha value is -2.08. The van der Waals surface area contributed by atoms with Crippen LogP contribution in [0.15, 0.2) is 24.3 Å². The number of anilines is 1. The maximum Gasteiger partial charge on any atom is 0.337 e. The van der Waals surface area contributed by atoms with Gasteiger partial charge < -0.3 is 15.2 Å². The monoisotopic (exact) mass is 294 g/mol. The van der Waals surface area contributed by atoms with Crippen LogP contribution >= 0.6 is 0 Å². The minimum atomic E-state index is -1.07. The second-order valence-electron chi connectivity index (χ2n) is 5.23. The van der Waals surface area contributed by atoms with Crippen molar-refractivity contribution in [1.29, 1.82) is 0 Å². The molecule has 2 amide bonds. The van der Waals surface area contributed by atoms with Crippen LogP contribution in [0, 0.1) is 0 Å². The number of rotatable bonds is 6. The molecule has 0 saturated heterocycles. The average Bonchev–Trinajstić information content (AvgIpc) is 2.44. The van der Waals surface area contributed by atoms with Gasteiger partial charge in [-0.15, -0.1) is 0 Å². The van der Waals surface area contributed by atoms with Crippen LogP contribution in [0.3, 0.4) is 0 Å². The second kappa shape index (κ2) is 7.08. The maximum absolute atomic E-state index is 12.1. The number of carbonyl (C=O) groups is 2. The van der Waals surface area contributed by atoms with Crippen LogP contribution in [-0.4, -0.2) is 42.9 Å². The lowest BCUT2D eigenvalue weighted by Crippen LogP contribution is -2.45. The minimum Gasteiger partial charge on any atom is -0.478 e. The second-order valence-corrected chi connectivity index (χ2v) is 5.23. The lowest BCUT2D eigenvalue weighted by molar-refractivity contribution is -0.00674. The maximum atomic E-state index is 12.1. The molecule has 0 saturated carbocycles. The first kappa shape index (κ1) is 17.0. The zero-order chi connectivity index (χ0) is 16.0. The molecule has 0 heterocycles. The summed E-state index contributed by atoms with van der Waals surface area (Å²) in [6.45, 7) is 6.53. The van der Waals surface area contributed by atoms with Gasteiger partial charge in [0.1, 0.15) is 0 Å². The molecule has 1 aromatic rings. The summed E-state index contributed by atoms with van der Waals surface area (Å²) in [6.07, 6.45) is 0. The molecule has 0 bridgehead atoms. The summed E-state index contributed by atoms with van der Waals surface area (Å²) in [5.74, 6) is -1.07. The molecule has 0 spiro atoms. The Morgan fingerprint density at radius 3 is 2.52 bits per heavy atom. The molecule has 0 radical (unpaired) electrons. The SMILES string of the molecule is CCOC(C)(C)CNC(=O)N(C)c1ccccc1C(=O)O. The number of aromatic carboxylic acids is 1. The third kappa shape index (κ3) is 4.75. The normalized spacial score (nSPS) is 11.0. The van der Waals surface area contributed by atoms with Gasteiger partial charge in [-0.05, 0) is 32.9 Å². The van der Waals surface area contributed by atoms with Crippen molar-refractivity contribution in [3.05, 3.63) is 29.8 Å². The summed E-state index contributed by atoms with van der Waals surface area (Å²) in [7, 11) is 1.53. The lowest BCUT2D eigenvalue weighted by atomic mass is 10.1. The Labute approximate surface area is 124 Å². The molecule has 0 aliphatic rings. The molecular weight excluding hydrogens is 272 g/mol. The zero-order valence-corrected chi connectivity index (χ0v) is 12.8. The van der Waals surface area contributed by atoms with Crippen molar-refractivity contribution < 1.29 is 19.4 Å². The van der Waals surface area contributed by atoms with Crippen molar-refractivity contribution in [2.75, 3.05) is 25.1 Å². The van der Waals surface area contributed by atoms with E-state index in [1.807, 2.05) is 20.8 Å². The predicted octanol–water partition coefficient (Wildman–Crippen LogP) is 2.35. The summed E-state index contributed by atoms with van der Waals surface area (Å²) < 4.78 is 5.50. The Balaban J connectivity index is 2.78. The number of hydrogen-bond donors (Lipinski definition) is 2. The summed E-state index contributed by atoms with van der Waals surface area (Å²) in [6, 6.07) is 5.99. The summed E-state index contributed by atoms with van der Waals surface area (Å²) in [5.41, 5.74) is -0.0478. The Kier molecular flexibility index (Phi) is 5.72. The van der Waals surface area contributed by atoms with Crippen molar-refractivity contribution in [3.8, 4) is 0 Å². The van der Waals surface area contributed by atoms with E-state index in [9.17, 15) is 9.59 Å². The third-order valence-corrected chi connectivity index (χ3v) is 3.00. The van der Waals surface area contributed by atoms with E-state index in [0.717, 1.165) is 0 Å². The van der Waals surface area contributed by atoms with Gasteiger partial charge in [-0.2, -0.15) is 0 Å². The van der Waals surface area contributed by atoms with Gasteiger partial charge in [-0.1, -0.05) is 12.1 Å². The van der Waals surface area contributed by atoms with Gasteiger partial charge >= 0.3 is 12.0 Å². The van der Waals surface area contributed by atoms with Crippen LogP contribution in [0.4, 0.5) is 10.5 Å². The van der Waals surface area contributed by atoms with E-state index in [1.54, 1.807) is 18.2 Å². The van der Waals surface area contributed by atoms with Gasteiger partial charge in [0.2, 0.25) is 0 Å². The van der Waals surface area contributed by atoms with Crippen molar-refractivity contribution in [2.24, 2.45) is 0 Å². The van der Waals surface area contributed by atoms with Crippen LogP contribution in [-0.2, 0) is 4.74 Å². The van der Waals surface area contributed by atoms with Crippen molar-refractivity contribution in [1.82, 2.24) is 5.32 Å². The number of benzene rings is 1. The van der Waals surface area contributed by atoms with E-state index in [0.29, 0.717) is 18.8 Å². The van der Waals surface area contributed by atoms with Gasteiger partial charge in [-0.3, -0.25) is 4.90 Å². The van der Waals surface area contributed by atoms with Crippen LogP contribution < -0.4 is 10.2 Å². The number of hydrogen-bond acceptors (Lipinski definition) is 3. The quantitative estimate of drug-likeness (QED) is 0.844. The number of nitrogens with one attached hydrogen (secondary N) is 1. The smallest absolute Gasteiger partial charge is 0.337 e. The molecule has 2 N–H and O–H groups in total. The molecule has 0 atom stereocenters. The Morgan fingerprint density at radius 1 is 1.33 bits per heavy atom. The van der Waals surface area contributed by atoms with Gasteiger partial charge in [0, 0.05) is 20.2 Å². The molecule has 116 valence electrons. The summed E-state index contributed by atoms with van der Waals surface area (Å²) >= 11 is 0. The average molecular weight is 294 g/mol. The molecule has 6 nitrogen and oxygen atoms in total. The molecule has 0 aliphatic carbocycles. The molecule has 6 heteroatoms. The van der Waals surface area contributed by atoms with Crippen LogP contribution in [0.25, 0.3) is 0 Å². The lowest BCUT2D eigenvalue weighted by Gasteiger charge is -2.27. The van der Waals surface area contributed by atoms with E-state index in [-0.39, 0.29) is 11.6 Å². The molecule has 21 heavy (non-hydrogen) atoms. The first-order chi connectivity index (χ1) is 9.78. The fraction of sp³-hybridized carbons (Fsp3) is 0.467. The van der Waals surface area contributed by atoms with E-state index in [2.05, 4.69) is 5.32 Å². The van der Waals surface area contributed by atoms with Crippen LogP contribution in [0.1, 0.15) is 31.1 Å². The highest BCUT2D eigenvalue weighted by Crippen LogP contribution is 2.19. The van der Waals surface area contributed by atoms with E-state index in [4.69, 9.17) is 9.84 Å². The van der Waals surface area contributed by atoms with Gasteiger partial charge in [0.25, 0.3) is 0 Å². The fourth-order valence-electron chi connectivity index (χ4n) is 1.91. The van der Waals surface area contributed by atoms with Crippen molar-refractivity contribution in [2.45, 2.75) is 26.4 Å². The summed E-state index contributed by atoms with van der Waals surface area (Å²) in [4.78, 5) is 24.6. The highest BCUT2D eigenvalue weighted by Gasteiger charge is 2.22. The molecule has 1 rings (SSSR count). The number of ether oxygens (including phenoxy) is 1. The Morgan fingerprint density at radius 2 is 1.95 bits per heavy atom. The van der Waals surface area contributed by atoms with Crippen molar-refractivity contribution >= 4 is 17.7 Å². The van der Waals surface area contributed by atoms with Crippen molar-refractivity contribution in [3.63, 3.8) is 0 Å². The number of carboxylic acid groups (broad SMARTS) is 1. The number of carboxylic acids is 1. The number of para-hydroxylation sites is 1. The molecule has 0 unspecified atom stereocenters. The third-order valence-electron chi connectivity index (χ3n) is 3.00. The summed E-state index contributed by atoms with van der Waals surface area (Å²) in [5, 5.41) is 11.9. The Bertz CT molecular complexity index is 514. The van der Waals surface area contributed by atoms with Gasteiger partial charge in [0.15, 0.2) is 0 Å². The largest absolute Gasteiger partial charge is 0.478 e. The van der Waals surface area contributed by atoms with Gasteiger partial charge in [0.05, 0.1) is 16.9 Å². The van der Waals surface area contributed by atoms with E-state index >= 15 is 0 Å². The van der Waals surface area contributed by atoms with Crippen LogP contribution in [0.2, 0.25) is 0 Å². The first-order valence-corrected chi connectivity index (χ1v) is 6.76. The van der Waals surface area contributed by atoms with Crippen LogP contribution in [0.5, 0.6) is 0 Å². The molecular formula is C15H22N2O4. The number of nitrogens with zero attached hydrogens (tertiary/aromatic N) is 1. The fourth-order valence-corrected chi connectivity index (χ4v) is 1.91. The number of amides is 2. The standard InChI is InChI=1S/C15H22N2O4/c1-5-21-15(2,3)10-16-14(20)17(4)12-9-7-6-8-11(12)13(18)19/h6-9H,5,10H2,1-4H3,(H,16,20)(H,18,19). The molecule has 0 aromatic heterocycles. The molecule has 0 fully saturated rings. The number of urea groups is 1. The highest BCUT2D eigenvalue weighted by atomic mass is 16.5. The highest BCUT2D eigenvalue weighted by molar-refractivity contribution is 6.01.